The minimum atomic E-state index is 0.208. The highest BCUT2D eigenvalue weighted by molar-refractivity contribution is 6.25. The largest absolute Gasteiger partial charge is 0.300 e. The first kappa shape index (κ1) is 7.70. The Bertz CT molecular complexity index is 96.7. The van der Waals surface area contributed by atoms with Crippen molar-refractivity contribution in [2.75, 3.05) is 0 Å². The number of hydrogen-bond acceptors (Lipinski definition) is 1. The fraction of sp³-hybridized carbons (Fsp3) is 0.500. The van der Waals surface area contributed by atoms with E-state index in [4.69, 9.17) is 11.6 Å². The van der Waals surface area contributed by atoms with E-state index in [0.717, 1.165) is 6.42 Å². The van der Waals surface area contributed by atoms with Crippen molar-refractivity contribution in [3.05, 3.63) is 11.6 Å². The smallest absolute Gasteiger partial charge is 0.130 e. The van der Waals surface area contributed by atoms with Gasteiger partial charge in [-0.3, -0.25) is 0 Å². The monoisotopic (exact) mass is 132 g/mol. The summed E-state index contributed by atoms with van der Waals surface area (Å²) in [6, 6.07) is 0. The Hall–Kier alpha value is -0.300. The summed E-state index contributed by atoms with van der Waals surface area (Å²) < 4.78 is 0. The van der Waals surface area contributed by atoms with Crippen LogP contribution in [0.15, 0.2) is 11.6 Å². The predicted molar refractivity (Wildman–Crippen MR) is 34.9 cm³/mol. The van der Waals surface area contributed by atoms with Crippen LogP contribution < -0.4 is 0 Å². The average Bonchev–Trinajstić information content (AvgIpc) is 1.66. The van der Waals surface area contributed by atoms with Crippen LogP contribution in [0.3, 0.4) is 0 Å². The fourth-order valence-corrected chi connectivity index (χ4v) is 0.476. The summed E-state index contributed by atoms with van der Waals surface area (Å²) in [5.74, 6) is 0.208. The highest BCUT2D eigenvalue weighted by atomic mass is 35.5. The van der Waals surface area contributed by atoms with E-state index in [-0.39, 0.29) is 5.78 Å². The molecule has 0 heterocycles. The van der Waals surface area contributed by atoms with Crippen molar-refractivity contribution in [2.24, 2.45) is 0 Å². The Morgan fingerprint density at radius 3 is 2.75 bits per heavy atom. The van der Waals surface area contributed by atoms with Gasteiger partial charge in [-0.15, -0.1) is 0 Å². The van der Waals surface area contributed by atoms with Crippen LogP contribution in [0.4, 0.5) is 0 Å². The Labute approximate surface area is 54.3 Å². The van der Waals surface area contributed by atoms with Gasteiger partial charge in [0.2, 0.25) is 0 Å². The van der Waals surface area contributed by atoms with Crippen LogP contribution in [0.1, 0.15) is 19.8 Å². The van der Waals surface area contributed by atoms with Crippen molar-refractivity contribution >= 4 is 17.4 Å². The topological polar surface area (TPSA) is 17.1 Å². The molecule has 0 bridgehead atoms. The van der Waals surface area contributed by atoms with Crippen molar-refractivity contribution < 1.29 is 4.79 Å². The molecule has 0 aromatic heterocycles. The van der Waals surface area contributed by atoms with Crippen molar-refractivity contribution in [3.8, 4) is 0 Å². The van der Waals surface area contributed by atoms with E-state index in [9.17, 15) is 4.79 Å². The van der Waals surface area contributed by atoms with E-state index < -0.39 is 0 Å². The maximum absolute atomic E-state index is 10.2. The summed E-state index contributed by atoms with van der Waals surface area (Å²) >= 11 is 5.19. The zero-order valence-electron chi connectivity index (χ0n) is 4.86. The summed E-state index contributed by atoms with van der Waals surface area (Å²) in [7, 11) is 0. The standard InChI is InChI=1S/C6H9ClO/c1-6(8)4-2-3-5-7/h3,5H,2,4H2,1H3/b5-3+. The van der Waals surface area contributed by atoms with Crippen molar-refractivity contribution in [1.29, 1.82) is 0 Å². The summed E-state index contributed by atoms with van der Waals surface area (Å²) in [6.45, 7) is 1.57. The first-order valence-electron chi connectivity index (χ1n) is 2.52. The average molecular weight is 133 g/mol. The van der Waals surface area contributed by atoms with Crippen molar-refractivity contribution in [3.63, 3.8) is 0 Å². The molecule has 0 amide bonds. The first-order chi connectivity index (χ1) is 3.77. The van der Waals surface area contributed by atoms with E-state index in [2.05, 4.69) is 0 Å². The third kappa shape index (κ3) is 5.70. The molecule has 0 aliphatic carbocycles. The molecule has 0 unspecified atom stereocenters. The normalized spacial score (nSPS) is 10.2. The van der Waals surface area contributed by atoms with Gasteiger partial charge in [-0.2, -0.15) is 0 Å². The van der Waals surface area contributed by atoms with Gasteiger partial charge in [0, 0.05) is 12.0 Å². The number of halogens is 1. The molecule has 0 aromatic rings. The summed E-state index contributed by atoms with van der Waals surface area (Å²) in [4.78, 5) is 10.2. The second-order valence-electron chi connectivity index (χ2n) is 1.60. The van der Waals surface area contributed by atoms with Crippen LogP contribution in [-0.4, -0.2) is 5.78 Å². The lowest BCUT2D eigenvalue weighted by atomic mass is 10.2. The molecule has 0 rings (SSSR count). The molecular formula is C6H9ClO. The van der Waals surface area contributed by atoms with Crippen molar-refractivity contribution in [1.82, 2.24) is 0 Å². The van der Waals surface area contributed by atoms with Gasteiger partial charge >= 0.3 is 0 Å². The van der Waals surface area contributed by atoms with Gasteiger partial charge in [0.25, 0.3) is 0 Å². The molecule has 0 atom stereocenters. The van der Waals surface area contributed by atoms with E-state index in [1.54, 1.807) is 13.0 Å². The van der Waals surface area contributed by atoms with Crippen LogP contribution in [0.5, 0.6) is 0 Å². The highest BCUT2D eigenvalue weighted by Crippen LogP contribution is 1.92. The van der Waals surface area contributed by atoms with Gasteiger partial charge in [0.05, 0.1) is 0 Å². The quantitative estimate of drug-likeness (QED) is 0.575. The number of rotatable bonds is 3. The second kappa shape index (κ2) is 4.85. The lowest BCUT2D eigenvalue weighted by Gasteiger charge is -1.83. The van der Waals surface area contributed by atoms with Gasteiger partial charge in [-0.25, -0.2) is 0 Å². The third-order valence-corrected chi connectivity index (χ3v) is 0.930. The van der Waals surface area contributed by atoms with Gasteiger partial charge in [0.1, 0.15) is 5.78 Å². The summed E-state index contributed by atoms with van der Waals surface area (Å²) in [6.07, 6.45) is 3.13. The zero-order valence-corrected chi connectivity index (χ0v) is 5.61. The summed E-state index contributed by atoms with van der Waals surface area (Å²) in [5, 5.41) is 0. The molecule has 0 aliphatic rings. The highest BCUT2D eigenvalue weighted by Gasteiger charge is 1.86. The van der Waals surface area contributed by atoms with E-state index in [1.807, 2.05) is 0 Å². The van der Waals surface area contributed by atoms with Gasteiger partial charge in [-0.05, 0) is 13.3 Å². The molecular weight excluding hydrogens is 124 g/mol. The minimum absolute atomic E-state index is 0.208. The Balaban J connectivity index is 3.05. The number of Topliss-reactive ketones (excluding diaryl/α,β-unsaturated/α-hetero) is 1. The molecule has 8 heavy (non-hydrogen) atoms. The lowest BCUT2D eigenvalue weighted by molar-refractivity contribution is -0.116. The summed E-state index contributed by atoms with van der Waals surface area (Å²) in [5.41, 5.74) is 1.43. The van der Waals surface area contributed by atoms with E-state index in [1.165, 1.54) is 5.54 Å². The Kier molecular flexibility index (Phi) is 4.67. The SMILES string of the molecule is CC(=O)CC/C=C/Cl. The van der Waals surface area contributed by atoms with Crippen LogP contribution in [0, 0.1) is 0 Å². The molecule has 0 radical (unpaired) electrons. The van der Waals surface area contributed by atoms with Gasteiger partial charge < -0.3 is 4.79 Å². The molecule has 0 N–H and O–H groups in total. The first-order valence-corrected chi connectivity index (χ1v) is 2.95. The maximum Gasteiger partial charge on any atom is 0.130 e. The minimum Gasteiger partial charge on any atom is -0.300 e. The molecule has 46 valence electrons. The van der Waals surface area contributed by atoms with E-state index in [0.29, 0.717) is 6.42 Å². The number of hydrogen-bond donors (Lipinski definition) is 0. The third-order valence-electron chi connectivity index (χ3n) is 0.752. The van der Waals surface area contributed by atoms with Crippen LogP contribution in [0.2, 0.25) is 0 Å². The molecule has 0 saturated heterocycles. The maximum atomic E-state index is 10.2. The van der Waals surface area contributed by atoms with Gasteiger partial charge in [-0.1, -0.05) is 17.7 Å². The molecule has 0 aliphatic heterocycles. The van der Waals surface area contributed by atoms with Crippen LogP contribution in [0.25, 0.3) is 0 Å². The molecule has 0 aromatic carbocycles. The van der Waals surface area contributed by atoms with Crippen LogP contribution >= 0.6 is 11.6 Å². The molecule has 0 fully saturated rings. The van der Waals surface area contributed by atoms with Gasteiger partial charge in [0.15, 0.2) is 0 Å². The van der Waals surface area contributed by atoms with Crippen LogP contribution in [-0.2, 0) is 4.79 Å². The molecule has 0 saturated carbocycles. The number of carbonyl (C=O) groups is 1. The second-order valence-corrected chi connectivity index (χ2v) is 1.85. The van der Waals surface area contributed by atoms with Crippen molar-refractivity contribution in [2.45, 2.75) is 19.8 Å². The Morgan fingerprint density at radius 1 is 1.75 bits per heavy atom. The molecule has 1 nitrogen and oxygen atoms in total. The molecule has 0 spiro atoms. The lowest BCUT2D eigenvalue weighted by Crippen LogP contribution is -1.85. The Morgan fingerprint density at radius 2 is 2.38 bits per heavy atom. The molecule has 2 heteroatoms. The predicted octanol–water partition coefficient (Wildman–Crippen LogP) is 2.11. The fourth-order valence-electron chi connectivity index (χ4n) is 0.350. The number of ketones is 1. The number of allylic oxidation sites excluding steroid dienone is 1. The zero-order chi connectivity index (χ0) is 6.41. The number of carbonyl (C=O) groups excluding carboxylic acids is 1. The van der Waals surface area contributed by atoms with E-state index >= 15 is 0 Å².